The number of ether oxygens (including phenoxy) is 3. The van der Waals surface area contributed by atoms with Gasteiger partial charge in [-0.1, -0.05) is 31.2 Å². The van der Waals surface area contributed by atoms with E-state index in [0.717, 1.165) is 0 Å². The third-order valence-electron chi connectivity index (χ3n) is 4.97. The molecule has 0 heterocycles. The molecule has 3 rings (SSSR count). The van der Waals surface area contributed by atoms with Crippen molar-refractivity contribution in [3.63, 3.8) is 0 Å². The summed E-state index contributed by atoms with van der Waals surface area (Å²) in [5.41, 5.74) is -0.633. The van der Waals surface area contributed by atoms with Crippen LogP contribution >= 0.6 is 0 Å². The molecule has 0 bridgehead atoms. The minimum Gasteiger partial charge on any atom is -0.488 e. The fourth-order valence-electron chi connectivity index (χ4n) is 3.32. The van der Waals surface area contributed by atoms with Crippen molar-refractivity contribution in [2.24, 2.45) is 0 Å². The second-order valence-electron chi connectivity index (χ2n) is 7.52. The van der Waals surface area contributed by atoms with Crippen LogP contribution in [0.4, 0.5) is 26.3 Å². The number of alkyl halides is 2. The highest BCUT2D eigenvalue weighted by molar-refractivity contribution is 5.91. The standard InChI is InChI=1S/C25H20F6O4/c1-4-33-23-21(28)19(26)18(20(27)22(23)29)13(2)14-9-11-15(12-10-14)24(32)34-16-7-5-6-8-17(16)35-25(3,30)31/h5-13H,4H2,1-3H3. The first-order chi connectivity index (χ1) is 16.4. The molecule has 0 aliphatic carbocycles. The normalized spacial score (nSPS) is 12.3. The van der Waals surface area contributed by atoms with Gasteiger partial charge < -0.3 is 14.2 Å². The number of hydrogen-bond donors (Lipinski definition) is 0. The number of esters is 1. The molecular weight excluding hydrogens is 478 g/mol. The molecule has 186 valence electrons. The molecule has 0 spiro atoms. The molecule has 1 unspecified atom stereocenters. The topological polar surface area (TPSA) is 44.8 Å². The van der Waals surface area contributed by atoms with Gasteiger partial charge in [-0.05, 0) is 36.8 Å². The predicted molar refractivity (Wildman–Crippen MR) is 114 cm³/mol. The highest BCUT2D eigenvalue weighted by atomic mass is 19.3. The number of carbonyl (C=O) groups excluding carboxylic acids is 1. The van der Waals surface area contributed by atoms with Gasteiger partial charge in [0, 0.05) is 18.4 Å². The molecule has 0 radical (unpaired) electrons. The smallest absolute Gasteiger partial charge is 0.395 e. The minimum absolute atomic E-state index is 0.0241. The van der Waals surface area contributed by atoms with Gasteiger partial charge in [-0.25, -0.2) is 13.6 Å². The second kappa shape index (κ2) is 10.3. The van der Waals surface area contributed by atoms with Crippen LogP contribution in [0.15, 0.2) is 48.5 Å². The average molecular weight is 498 g/mol. The van der Waals surface area contributed by atoms with Gasteiger partial charge in [0.1, 0.15) is 0 Å². The number of carbonyl (C=O) groups is 1. The first-order valence-electron chi connectivity index (χ1n) is 10.4. The molecule has 0 amide bonds. The maximum Gasteiger partial charge on any atom is 0.395 e. The number of benzene rings is 3. The largest absolute Gasteiger partial charge is 0.488 e. The van der Waals surface area contributed by atoms with Gasteiger partial charge in [-0.3, -0.25) is 0 Å². The van der Waals surface area contributed by atoms with E-state index >= 15 is 0 Å². The number of halogens is 6. The Hall–Kier alpha value is -3.69. The monoisotopic (exact) mass is 498 g/mol. The maximum absolute atomic E-state index is 14.6. The van der Waals surface area contributed by atoms with E-state index < -0.39 is 52.6 Å². The van der Waals surface area contributed by atoms with E-state index in [9.17, 15) is 31.1 Å². The van der Waals surface area contributed by atoms with Gasteiger partial charge in [0.15, 0.2) is 28.9 Å². The van der Waals surface area contributed by atoms with Gasteiger partial charge in [0.05, 0.1) is 12.2 Å². The first kappa shape index (κ1) is 25.9. The molecule has 0 fully saturated rings. The Balaban J connectivity index is 1.85. The van der Waals surface area contributed by atoms with Gasteiger partial charge in [-0.15, -0.1) is 0 Å². The average Bonchev–Trinajstić information content (AvgIpc) is 2.81. The summed E-state index contributed by atoms with van der Waals surface area (Å²) in [6.07, 6.45) is -3.51. The van der Waals surface area contributed by atoms with Gasteiger partial charge >= 0.3 is 12.1 Å². The lowest BCUT2D eigenvalue weighted by Gasteiger charge is -2.18. The van der Waals surface area contributed by atoms with Crippen LogP contribution in [0.3, 0.4) is 0 Å². The summed E-state index contributed by atoms with van der Waals surface area (Å²) in [5, 5.41) is 0. The summed E-state index contributed by atoms with van der Waals surface area (Å²) in [5.74, 6) is -10.3. The van der Waals surface area contributed by atoms with Crippen molar-refractivity contribution in [1.82, 2.24) is 0 Å². The minimum atomic E-state index is -3.51. The van der Waals surface area contributed by atoms with Crippen molar-refractivity contribution in [1.29, 1.82) is 0 Å². The summed E-state index contributed by atoms with van der Waals surface area (Å²) in [4.78, 5) is 12.5. The van der Waals surface area contributed by atoms with Crippen LogP contribution in [0, 0.1) is 23.3 Å². The van der Waals surface area contributed by atoms with Crippen molar-refractivity contribution in [2.45, 2.75) is 32.8 Å². The molecule has 0 saturated carbocycles. The van der Waals surface area contributed by atoms with Crippen LogP contribution in [-0.4, -0.2) is 18.7 Å². The summed E-state index contributed by atoms with van der Waals surface area (Å²) in [6, 6.07) is 10.5. The Morgan fingerprint density at radius 1 is 0.886 bits per heavy atom. The number of hydrogen-bond acceptors (Lipinski definition) is 4. The molecule has 0 aromatic heterocycles. The van der Waals surface area contributed by atoms with Crippen molar-refractivity contribution in [3.05, 3.63) is 88.5 Å². The van der Waals surface area contributed by atoms with Crippen LogP contribution in [0.5, 0.6) is 17.2 Å². The van der Waals surface area contributed by atoms with Crippen LogP contribution in [0.1, 0.15) is 48.2 Å². The highest BCUT2D eigenvalue weighted by Crippen LogP contribution is 2.37. The summed E-state index contributed by atoms with van der Waals surface area (Å²) < 4.78 is 98.3. The molecule has 0 saturated heterocycles. The van der Waals surface area contributed by atoms with Crippen molar-refractivity contribution < 1.29 is 45.3 Å². The molecule has 10 heteroatoms. The predicted octanol–water partition coefficient (Wildman–Crippen LogP) is 7.00. The van der Waals surface area contributed by atoms with Crippen LogP contribution in [-0.2, 0) is 0 Å². The second-order valence-corrected chi connectivity index (χ2v) is 7.52. The van der Waals surface area contributed by atoms with E-state index in [1.807, 2.05) is 0 Å². The van der Waals surface area contributed by atoms with E-state index in [2.05, 4.69) is 9.47 Å². The van der Waals surface area contributed by atoms with Crippen molar-refractivity contribution >= 4 is 5.97 Å². The van der Waals surface area contributed by atoms with E-state index in [0.29, 0.717) is 6.92 Å². The zero-order chi connectivity index (χ0) is 25.9. The Morgan fingerprint density at radius 2 is 1.43 bits per heavy atom. The summed E-state index contributed by atoms with van der Waals surface area (Å²) >= 11 is 0. The summed E-state index contributed by atoms with van der Waals surface area (Å²) in [6.45, 7) is 3.06. The van der Waals surface area contributed by atoms with Crippen LogP contribution < -0.4 is 14.2 Å². The van der Waals surface area contributed by atoms with Crippen molar-refractivity contribution in [3.8, 4) is 17.2 Å². The van der Waals surface area contributed by atoms with Gasteiger partial charge in [0.25, 0.3) is 0 Å². The molecule has 1 atom stereocenters. The number of rotatable bonds is 8. The lowest BCUT2D eigenvalue weighted by molar-refractivity contribution is -0.159. The Kier molecular flexibility index (Phi) is 7.62. The van der Waals surface area contributed by atoms with Gasteiger partial charge in [-0.2, -0.15) is 17.6 Å². The molecular formula is C25H20F6O4. The highest BCUT2D eigenvalue weighted by Gasteiger charge is 2.30. The quantitative estimate of drug-likeness (QED) is 0.145. The van der Waals surface area contributed by atoms with E-state index in [4.69, 9.17) is 4.74 Å². The lowest BCUT2D eigenvalue weighted by Crippen LogP contribution is -2.20. The van der Waals surface area contributed by atoms with Crippen LogP contribution in [0.25, 0.3) is 0 Å². The first-order valence-corrected chi connectivity index (χ1v) is 10.4. The van der Waals surface area contributed by atoms with E-state index in [-0.39, 0.29) is 29.2 Å². The third-order valence-corrected chi connectivity index (χ3v) is 4.97. The zero-order valence-electron chi connectivity index (χ0n) is 18.8. The Morgan fingerprint density at radius 3 is 1.94 bits per heavy atom. The fourth-order valence-corrected chi connectivity index (χ4v) is 3.32. The molecule has 3 aromatic rings. The summed E-state index contributed by atoms with van der Waals surface area (Å²) in [7, 11) is 0. The lowest BCUT2D eigenvalue weighted by atomic mass is 9.91. The number of para-hydroxylation sites is 2. The molecule has 0 aliphatic rings. The fraction of sp³-hybridized carbons (Fsp3) is 0.240. The van der Waals surface area contributed by atoms with E-state index in [1.54, 1.807) is 0 Å². The maximum atomic E-state index is 14.6. The zero-order valence-corrected chi connectivity index (χ0v) is 18.8. The Labute approximate surface area is 197 Å². The van der Waals surface area contributed by atoms with E-state index in [1.165, 1.54) is 62.4 Å². The third kappa shape index (κ3) is 5.70. The molecule has 4 nitrogen and oxygen atoms in total. The molecule has 35 heavy (non-hydrogen) atoms. The molecule has 0 N–H and O–H groups in total. The molecule has 3 aromatic carbocycles. The SMILES string of the molecule is CCOc1c(F)c(F)c(C(C)c2ccc(C(=O)Oc3ccccc3OC(C)(F)F)cc2)c(F)c1F. The van der Waals surface area contributed by atoms with Crippen molar-refractivity contribution in [2.75, 3.05) is 6.61 Å². The Bertz CT molecular complexity index is 1190. The van der Waals surface area contributed by atoms with Crippen LogP contribution in [0.2, 0.25) is 0 Å². The van der Waals surface area contributed by atoms with Gasteiger partial charge in [0.2, 0.25) is 11.6 Å². The molecule has 0 aliphatic heterocycles.